The van der Waals surface area contributed by atoms with E-state index in [2.05, 4.69) is 5.32 Å². The van der Waals surface area contributed by atoms with Gasteiger partial charge in [0.2, 0.25) is 5.91 Å². The Labute approximate surface area is 124 Å². The fourth-order valence-electron chi connectivity index (χ4n) is 3.12. The molecule has 2 aliphatic rings. The van der Waals surface area contributed by atoms with Crippen LogP contribution < -0.4 is 5.32 Å². The van der Waals surface area contributed by atoms with Gasteiger partial charge in [-0.2, -0.15) is 0 Å². The summed E-state index contributed by atoms with van der Waals surface area (Å²) in [7, 11) is 0. The highest BCUT2D eigenvalue weighted by molar-refractivity contribution is 5.84. The van der Waals surface area contributed by atoms with Crippen LogP contribution >= 0.6 is 0 Å². The summed E-state index contributed by atoms with van der Waals surface area (Å²) in [6.07, 6.45) is 3.01. The Balaban J connectivity index is 1.72. The normalized spacial score (nSPS) is 29.3. The monoisotopic (exact) mass is 292 g/mol. The molecule has 1 aromatic carbocycles. The summed E-state index contributed by atoms with van der Waals surface area (Å²) in [5, 5.41) is 3.24. The highest BCUT2D eigenvalue weighted by atomic mass is 19.1. The number of benzene rings is 1. The second kappa shape index (κ2) is 6.12. The smallest absolute Gasteiger partial charge is 0.241 e. The highest BCUT2D eigenvalue weighted by Crippen LogP contribution is 2.27. The maximum absolute atomic E-state index is 13.4. The number of rotatable bonds is 4. The molecule has 0 bridgehead atoms. The van der Waals surface area contributed by atoms with Crippen LogP contribution in [-0.4, -0.2) is 36.1 Å². The van der Waals surface area contributed by atoms with Gasteiger partial charge in [-0.1, -0.05) is 12.1 Å². The number of amides is 1. The van der Waals surface area contributed by atoms with Gasteiger partial charge in [0.05, 0.1) is 12.1 Å². The third kappa shape index (κ3) is 3.09. The summed E-state index contributed by atoms with van der Waals surface area (Å²) in [6, 6.07) is 6.20. The zero-order chi connectivity index (χ0) is 14.8. The van der Waals surface area contributed by atoms with Crippen molar-refractivity contribution in [3.63, 3.8) is 0 Å². The van der Waals surface area contributed by atoms with E-state index in [1.165, 1.54) is 12.1 Å². The van der Waals surface area contributed by atoms with E-state index in [4.69, 9.17) is 4.74 Å². The molecule has 2 heterocycles. The molecule has 3 unspecified atom stereocenters. The lowest BCUT2D eigenvalue weighted by molar-refractivity contribution is -0.130. The third-order valence-electron chi connectivity index (χ3n) is 4.25. The molecule has 1 amide bonds. The number of carbonyl (C=O) groups is 1. The fourth-order valence-corrected chi connectivity index (χ4v) is 3.12. The second-order valence-electron chi connectivity index (χ2n) is 5.80. The minimum atomic E-state index is -0.277. The Hall–Kier alpha value is -1.46. The van der Waals surface area contributed by atoms with Gasteiger partial charge in [-0.05, 0) is 43.9 Å². The topological polar surface area (TPSA) is 41.6 Å². The molecule has 0 spiro atoms. The van der Waals surface area contributed by atoms with E-state index in [1.807, 2.05) is 13.0 Å². The first-order chi connectivity index (χ1) is 10.1. The molecular weight excluding hydrogens is 271 g/mol. The molecule has 21 heavy (non-hydrogen) atoms. The molecule has 0 saturated carbocycles. The molecule has 4 nitrogen and oxygen atoms in total. The molecule has 1 N–H and O–H groups in total. The van der Waals surface area contributed by atoms with Crippen molar-refractivity contribution in [3.05, 3.63) is 35.6 Å². The van der Waals surface area contributed by atoms with E-state index >= 15 is 0 Å². The van der Waals surface area contributed by atoms with Crippen molar-refractivity contribution in [3.8, 4) is 0 Å². The molecule has 1 aromatic rings. The van der Waals surface area contributed by atoms with E-state index in [0.717, 1.165) is 31.4 Å². The highest BCUT2D eigenvalue weighted by Gasteiger charge is 2.37. The molecule has 0 aliphatic carbocycles. The summed E-state index contributed by atoms with van der Waals surface area (Å²) in [6.45, 7) is 3.31. The van der Waals surface area contributed by atoms with Gasteiger partial charge < -0.3 is 9.64 Å². The van der Waals surface area contributed by atoms with Gasteiger partial charge in [0, 0.05) is 13.2 Å². The van der Waals surface area contributed by atoms with Crippen LogP contribution in [0.2, 0.25) is 0 Å². The van der Waals surface area contributed by atoms with Crippen LogP contribution in [-0.2, 0) is 9.53 Å². The Morgan fingerprint density at radius 2 is 2.33 bits per heavy atom. The van der Waals surface area contributed by atoms with Crippen LogP contribution in [0.5, 0.6) is 0 Å². The first-order valence-electron chi connectivity index (χ1n) is 7.59. The maximum atomic E-state index is 13.4. The number of nitrogens with zero attached hydrogens (tertiary/aromatic N) is 1. The summed E-state index contributed by atoms with van der Waals surface area (Å²) in [5.41, 5.74) is 0.792. The Morgan fingerprint density at radius 1 is 1.48 bits per heavy atom. The molecular formula is C16H21FN2O2. The Bertz CT molecular complexity index is 517. The van der Waals surface area contributed by atoms with Gasteiger partial charge in [-0.25, -0.2) is 4.39 Å². The summed E-state index contributed by atoms with van der Waals surface area (Å²) >= 11 is 0. The third-order valence-corrected chi connectivity index (χ3v) is 4.25. The zero-order valence-electron chi connectivity index (χ0n) is 12.2. The number of hydrogen-bond donors (Lipinski definition) is 1. The van der Waals surface area contributed by atoms with Crippen LogP contribution in [0.3, 0.4) is 0 Å². The van der Waals surface area contributed by atoms with Gasteiger partial charge >= 0.3 is 0 Å². The lowest BCUT2D eigenvalue weighted by Gasteiger charge is -2.25. The molecule has 114 valence electrons. The summed E-state index contributed by atoms with van der Waals surface area (Å²) < 4.78 is 19.0. The van der Waals surface area contributed by atoms with E-state index in [0.29, 0.717) is 6.54 Å². The van der Waals surface area contributed by atoms with Crippen molar-refractivity contribution < 1.29 is 13.9 Å². The van der Waals surface area contributed by atoms with Crippen LogP contribution in [0.1, 0.15) is 37.9 Å². The van der Waals surface area contributed by atoms with E-state index < -0.39 is 0 Å². The average Bonchev–Trinajstić information content (AvgIpc) is 3.07. The molecule has 2 aliphatic heterocycles. The van der Waals surface area contributed by atoms with Crippen molar-refractivity contribution in [1.82, 2.24) is 10.2 Å². The number of carbonyl (C=O) groups excluding carboxylic acids is 1. The van der Waals surface area contributed by atoms with Gasteiger partial charge in [-0.15, -0.1) is 0 Å². The predicted octanol–water partition coefficient (Wildman–Crippen LogP) is 2.21. The minimum absolute atomic E-state index is 0.0715. The maximum Gasteiger partial charge on any atom is 0.241 e. The van der Waals surface area contributed by atoms with Gasteiger partial charge in [0.25, 0.3) is 0 Å². The first-order valence-corrected chi connectivity index (χ1v) is 7.59. The number of ether oxygens (including phenoxy) is 1. The van der Waals surface area contributed by atoms with Crippen LogP contribution in [0.15, 0.2) is 24.3 Å². The van der Waals surface area contributed by atoms with Crippen molar-refractivity contribution in [2.24, 2.45) is 0 Å². The number of halogens is 1. The molecule has 2 saturated heterocycles. The lowest BCUT2D eigenvalue weighted by Crippen LogP contribution is -2.33. The van der Waals surface area contributed by atoms with Crippen LogP contribution in [0.25, 0.3) is 0 Å². The van der Waals surface area contributed by atoms with E-state index in [-0.39, 0.29) is 30.0 Å². The number of nitrogens with one attached hydrogen (secondary N) is 1. The first kappa shape index (κ1) is 14.5. The van der Waals surface area contributed by atoms with Gasteiger partial charge in [0.15, 0.2) is 0 Å². The molecule has 5 heteroatoms. The summed E-state index contributed by atoms with van der Waals surface area (Å²) in [5.74, 6) is -0.206. The van der Waals surface area contributed by atoms with Crippen molar-refractivity contribution in [1.29, 1.82) is 0 Å². The van der Waals surface area contributed by atoms with Crippen molar-refractivity contribution >= 4 is 5.91 Å². The SMILES string of the molecule is CC1NC(c2cccc(F)c2)N(CCC2CCCO2)C1=O. The largest absolute Gasteiger partial charge is 0.378 e. The zero-order valence-corrected chi connectivity index (χ0v) is 12.2. The quantitative estimate of drug-likeness (QED) is 0.925. The minimum Gasteiger partial charge on any atom is -0.378 e. The standard InChI is InChI=1S/C16H21FN2O2/c1-11-16(20)19(8-7-14-6-3-9-21-14)15(18-11)12-4-2-5-13(17)10-12/h2,4-5,10-11,14-15,18H,3,6-9H2,1H3. The van der Waals surface area contributed by atoms with Crippen molar-refractivity contribution in [2.45, 2.75) is 44.5 Å². The van der Waals surface area contributed by atoms with E-state index in [1.54, 1.807) is 11.0 Å². The summed E-state index contributed by atoms with van der Waals surface area (Å²) in [4.78, 5) is 14.1. The average molecular weight is 292 g/mol. The Morgan fingerprint density at radius 3 is 3.05 bits per heavy atom. The van der Waals surface area contributed by atoms with Crippen LogP contribution in [0.4, 0.5) is 4.39 Å². The fraction of sp³-hybridized carbons (Fsp3) is 0.562. The number of hydrogen-bond acceptors (Lipinski definition) is 3. The molecule has 3 rings (SSSR count). The van der Waals surface area contributed by atoms with E-state index in [9.17, 15) is 9.18 Å². The molecule has 0 aromatic heterocycles. The molecule has 2 fully saturated rings. The predicted molar refractivity (Wildman–Crippen MR) is 77.0 cm³/mol. The van der Waals surface area contributed by atoms with Crippen molar-refractivity contribution in [2.75, 3.05) is 13.2 Å². The van der Waals surface area contributed by atoms with Crippen LogP contribution in [0, 0.1) is 5.82 Å². The lowest BCUT2D eigenvalue weighted by atomic mass is 10.1. The Kier molecular flexibility index (Phi) is 4.22. The van der Waals surface area contributed by atoms with Gasteiger partial charge in [-0.3, -0.25) is 10.1 Å². The molecule has 3 atom stereocenters. The van der Waals surface area contributed by atoms with Gasteiger partial charge in [0.1, 0.15) is 12.0 Å². The molecule has 0 radical (unpaired) electrons. The second-order valence-corrected chi connectivity index (χ2v) is 5.80.